The van der Waals surface area contributed by atoms with E-state index < -0.39 is 0 Å². The number of hydrogen-bond acceptors (Lipinski definition) is 2. The second kappa shape index (κ2) is 6.23. The van der Waals surface area contributed by atoms with E-state index in [0.717, 1.165) is 0 Å². The molecule has 0 aliphatic heterocycles. The van der Waals surface area contributed by atoms with Crippen molar-refractivity contribution in [3.8, 4) is 5.75 Å². The van der Waals surface area contributed by atoms with Gasteiger partial charge in [0.1, 0.15) is 12.4 Å². The fourth-order valence-corrected chi connectivity index (χ4v) is 1.29. The molecule has 0 unspecified atom stereocenters. The Kier molecular flexibility index (Phi) is 5.23. The van der Waals surface area contributed by atoms with Gasteiger partial charge < -0.3 is 4.74 Å². The van der Waals surface area contributed by atoms with E-state index in [2.05, 4.69) is 12.6 Å². The average molecular weight is 249 g/mol. The van der Waals surface area contributed by atoms with Gasteiger partial charge in [-0.25, -0.2) is 0 Å². The molecule has 1 aromatic carbocycles. The summed E-state index contributed by atoms with van der Waals surface area (Å²) in [4.78, 5) is 0. The van der Waals surface area contributed by atoms with Crippen molar-refractivity contribution in [2.75, 3.05) is 12.4 Å². The maximum absolute atomic E-state index is 5.81. The standard InChI is InChI=1S/C10H10Cl2OS/c11-9-4-3-8(7-10(9)12)13-5-1-2-6-14/h1-4,7,14H,5-6H2. The fraction of sp³-hybridized carbons (Fsp3) is 0.200. The Hall–Kier alpha value is -0.310. The highest BCUT2D eigenvalue weighted by Gasteiger charge is 1.98. The van der Waals surface area contributed by atoms with Crippen LogP contribution in [0.3, 0.4) is 0 Å². The Morgan fingerprint density at radius 1 is 1.21 bits per heavy atom. The van der Waals surface area contributed by atoms with Gasteiger partial charge in [-0.1, -0.05) is 35.4 Å². The molecule has 0 aliphatic carbocycles. The van der Waals surface area contributed by atoms with Gasteiger partial charge >= 0.3 is 0 Å². The van der Waals surface area contributed by atoms with Crippen molar-refractivity contribution in [3.05, 3.63) is 40.4 Å². The molecule has 0 saturated carbocycles. The highest BCUT2D eigenvalue weighted by Crippen LogP contribution is 2.26. The lowest BCUT2D eigenvalue weighted by molar-refractivity contribution is 0.363. The molecule has 0 N–H and O–H groups in total. The Morgan fingerprint density at radius 2 is 2.00 bits per heavy atom. The lowest BCUT2D eigenvalue weighted by Crippen LogP contribution is -1.93. The molecule has 0 aliphatic rings. The summed E-state index contributed by atoms with van der Waals surface area (Å²) < 4.78 is 5.38. The largest absolute Gasteiger partial charge is 0.489 e. The Bertz CT molecular complexity index is 326. The third-order valence-corrected chi connectivity index (χ3v) is 2.46. The van der Waals surface area contributed by atoms with Crippen LogP contribution in [0, 0.1) is 0 Å². The SMILES string of the molecule is SCC=CCOc1ccc(Cl)c(Cl)c1. The van der Waals surface area contributed by atoms with Gasteiger partial charge in [-0.05, 0) is 12.1 Å². The monoisotopic (exact) mass is 248 g/mol. The molecular weight excluding hydrogens is 239 g/mol. The van der Waals surface area contributed by atoms with Crippen LogP contribution < -0.4 is 4.74 Å². The first-order chi connectivity index (χ1) is 6.74. The van der Waals surface area contributed by atoms with Crippen LogP contribution >= 0.6 is 35.8 Å². The molecule has 1 rings (SSSR count). The minimum Gasteiger partial charge on any atom is -0.489 e. The summed E-state index contributed by atoms with van der Waals surface area (Å²) >= 11 is 15.6. The van der Waals surface area contributed by atoms with Crippen molar-refractivity contribution < 1.29 is 4.74 Å². The molecule has 0 saturated heterocycles. The molecule has 76 valence electrons. The van der Waals surface area contributed by atoms with Gasteiger partial charge in [-0.3, -0.25) is 0 Å². The fourth-order valence-electron chi connectivity index (χ4n) is 0.854. The molecule has 0 heterocycles. The Labute approximate surface area is 99.1 Å². The van der Waals surface area contributed by atoms with Crippen LogP contribution in [-0.4, -0.2) is 12.4 Å². The van der Waals surface area contributed by atoms with Crippen molar-refractivity contribution in [1.29, 1.82) is 0 Å². The van der Waals surface area contributed by atoms with E-state index >= 15 is 0 Å². The van der Waals surface area contributed by atoms with Gasteiger partial charge in [-0.15, -0.1) is 0 Å². The van der Waals surface area contributed by atoms with Crippen LogP contribution in [0.1, 0.15) is 0 Å². The smallest absolute Gasteiger partial charge is 0.121 e. The number of hydrogen-bond donors (Lipinski definition) is 1. The zero-order chi connectivity index (χ0) is 10.4. The molecule has 1 nitrogen and oxygen atoms in total. The van der Waals surface area contributed by atoms with Crippen LogP contribution in [0.15, 0.2) is 30.4 Å². The highest BCUT2D eigenvalue weighted by atomic mass is 35.5. The third kappa shape index (κ3) is 3.82. The summed E-state index contributed by atoms with van der Waals surface area (Å²) in [5.41, 5.74) is 0. The third-order valence-electron chi connectivity index (χ3n) is 1.51. The average Bonchev–Trinajstić information content (AvgIpc) is 2.18. The van der Waals surface area contributed by atoms with E-state index in [1.54, 1.807) is 18.2 Å². The van der Waals surface area contributed by atoms with Crippen molar-refractivity contribution in [3.63, 3.8) is 0 Å². The first-order valence-corrected chi connectivity index (χ1v) is 5.46. The lowest BCUT2D eigenvalue weighted by atomic mass is 10.3. The summed E-state index contributed by atoms with van der Waals surface area (Å²) in [6, 6.07) is 5.18. The molecule has 0 aromatic heterocycles. The summed E-state index contributed by atoms with van der Waals surface area (Å²) in [7, 11) is 0. The van der Waals surface area contributed by atoms with Crippen molar-refractivity contribution >= 4 is 35.8 Å². The van der Waals surface area contributed by atoms with Crippen LogP contribution in [-0.2, 0) is 0 Å². The maximum atomic E-state index is 5.81. The summed E-state index contributed by atoms with van der Waals surface area (Å²) in [6.07, 6.45) is 3.82. The summed E-state index contributed by atoms with van der Waals surface area (Å²) in [6.45, 7) is 0.512. The van der Waals surface area contributed by atoms with Crippen molar-refractivity contribution in [2.24, 2.45) is 0 Å². The molecule has 0 spiro atoms. The Balaban J connectivity index is 2.51. The summed E-state index contributed by atoms with van der Waals surface area (Å²) in [5, 5.41) is 1.03. The predicted octanol–water partition coefficient (Wildman–Crippen LogP) is 3.86. The first kappa shape index (κ1) is 11.8. The number of ether oxygens (including phenoxy) is 1. The quantitative estimate of drug-likeness (QED) is 0.629. The van der Waals surface area contributed by atoms with Crippen LogP contribution in [0.5, 0.6) is 5.75 Å². The molecule has 14 heavy (non-hydrogen) atoms. The molecule has 0 bridgehead atoms. The zero-order valence-corrected chi connectivity index (χ0v) is 9.82. The van der Waals surface area contributed by atoms with E-state index in [1.807, 2.05) is 12.2 Å². The van der Waals surface area contributed by atoms with Gasteiger partial charge in [0.2, 0.25) is 0 Å². The van der Waals surface area contributed by atoms with Gasteiger partial charge in [-0.2, -0.15) is 12.6 Å². The normalized spacial score (nSPS) is 10.8. The van der Waals surface area contributed by atoms with Gasteiger partial charge in [0.25, 0.3) is 0 Å². The summed E-state index contributed by atoms with van der Waals surface area (Å²) in [5.74, 6) is 1.42. The minimum absolute atomic E-state index is 0.502. The highest BCUT2D eigenvalue weighted by molar-refractivity contribution is 7.80. The van der Waals surface area contributed by atoms with Gasteiger partial charge in [0.05, 0.1) is 10.0 Å². The van der Waals surface area contributed by atoms with Crippen molar-refractivity contribution in [1.82, 2.24) is 0 Å². The van der Waals surface area contributed by atoms with E-state index in [-0.39, 0.29) is 0 Å². The topological polar surface area (TPSA) is 9.23 Å². The van der Waals surface area contributed by atoms with Crippen LogP contribution in [0.4, 0.5) is 0 Å². The van der Waals surface area contributed by atoms with E-state index in [1.165, 1.54) is 0 Å². The minimum atomic E-state index is 0.502. The first-order valence-electron chi connectivity index (χ1n) is 4.07. The molecule has 4 heteroatoms. The second-order valence-electron chi connectivity index (χ2n) is 2.54. The molecular formula is C10H10Cl2OS. The Morgan fingerprint density at radius 3 is 2.64 bits per heavy atom. The molecule has 0 radical (unpaired) electrons. The van der Waals surface area contributed by atoms with Crippen molar-refractivity contribution in [2.45, 2.75) is 0 Å². The zero-order valence-electron chi connectivity index (χ0n) is 7.41. The molecule has 0 amide bonds. The molecule has 0 fully saturated rings. The predicted molar refractivity (Wildman–Crippen MR) is 65.0 cm³/mol. The molecule has 1 aromatic rings. The number of benzene rings is 1. The number of thiol groups is 1. The lowest BCUT2D eigenvalue weighted by Gasteiger charge is -2.03. The van der Waals surface area contributed by atoms with E-state index in [4.69, 9.17) is 27.9 Å². The molecule has 0 atom stereocenters. The van der Waals surface area contributed by atoms with E-state index in [9.17, 15) is 0 Å². The maximum Gasteiger partial charge on any atom is 0.121 e. The van der Waals surface area contributed by atoms with Crippen LogP contribution in [0.2, 0.25) is 10.0 Å². The number of rotatable bonds is 4. The van der Waals surface area contributed by atoms with Gasteiger partial charge in [0.15, 0.2) is 0 Å². The van der Waals surface area contributed by atoms with Crippen LogP contribution in [0.25, 0.3) is 0 Å². The van der Waals surface area contributed by atoms with Gasteiger partial charge in [0, 0.05) is 11.8 Å². The number of halogens is 2. The van der Waals surface area contributed by atoms with E-state index in [0.29, 0.717) is 28.2 Å². The second-order valence-corrected chi connectivity index (χ2v) is 3.72.